The normalized spacial score (nSPS) is 20.1. The molecule has 5 heteroatoms. The first-order valence-corrected chi connectivity index (χ1v) is 7.05. The molecule has 1 saturated carbocycles. The van der Waals surface area contributed by atoms with E-state index in [1.165, 1.54) is 0 Å². The molecule has 20 heavy (non-hydrogen) atoms. The molecule has 1 unspecified atom stereocenters. The molecule has 5 nitrogen and oxygen atoms in total. The topological polar surface area (TPSA) is 73.6 Å². The molecule has 0 aromatic heterocycles. The molecular formula is C15H20N2O3. The van der Waals surface area contributed by atoms with E-state index >= 15 is 0 Å². The summed E-state index contributed by atoms with van der Waals surface area (Å²) >= 11 is 0. The minimum absolute atomic E-state index is 0.0661. The van der Waals surface area contributed by atoms with E-state index in [1.807, 2.05) is 25.1 Å². The van der Waals surface area contributed by atoms with Gasteiger partial charge in [0.05, 0.1) is 11.5 Å². The number of nitrogens with two attached hydrogens (primary N) is 1. The summed E-state index contributed by atoms with van der Waals surface area (Å²) in [4.78, 5) is 12.3. The van der Waals surface area contributed by atoms with Crippen molar-refractivity contribution in [2.75, 3.05) is 13.3 Å². The summed E-state index contributed by atoms with van der Waals surface area (Å²) in [5, 5.41) is 3.07. The Labute approximate surface area is 118 Å². The van der Waals surface area contributed by atoms with Crippen molar-refractivity contribution >= 4 is 5.91 Å². The maximum atomic E-state index is 12.3. The molecule has 3 rings (SSSR count). The largest absolute Gasteiger partial charge is 0.454 e. The van der Waals surface area contributed by atoms with Gasteiger partial charge in [-0.1, -0.05) is 12.5 Å². The lowest BCUT2D eigenvalue weighted by Crippen LogP contribution is -2.50. The fraction of sp³-hybridized carbons (Fsp3) is 0.533. The Morgan fingerprint density at radius 3 is 2.80 bits per heavy atom. The summed E-state index contributed by atoms with van der Waals surface area (Å²) in [7, 11) is 0. The third-order valence-electron chi connectivity index (χ3n) is 4.43. The lowest BCUT2D eigenvalue weighted by Gasteiger charge is -2.39. The van der Waals surface area contributed by atoms with Gasteiger partial charge >= 0.3 is 0 Å². The van der Waals surface area contributed by atoms with Crippen molar-refractivity contribution in [2.45, 2.75) is 32.2 Å². The molecule has 1 heterocycles. The van der Waals surface area contributed by atoms with E-state index in [1.54, 1.807) is 0 Å². The summed E-state index contributed by atoms with van der Waals surface area (Å²) < 4.78 is 10.6. The second-order valence-electron chi connectivity index (χ2n) is 5.65. The van der Waals surface area contributed by atoms with Crippen molar-refractivity contribution < 1.29 is 14.3 Å². The summed E-state index contributed by atoms with van der Waals surface area (Å²) in [5.41, 5.74) is 6.43. The fourth-order valence-electron chi connectivity index (χ4n) is 2.74. The summed E-state index contributed by atoms with van der Waals surface area (Å²) in [6.07, 6.45) is 2.87. The zero-order valence-corrected chi connectivity index (χ0v) is 11.6. The lowest BCUT2D eigenvalue weighted by atomic mass is 9.68. The molecule has 1 fully saturated rings. The molecule has 108 valence electrons. The minimum Gasteiger partial charge on any atom is -0.454 e. The van der Waals surface area contributed by atoms with Gasteiger partial charge in [-0.3, -0.25) is 4.79 Å². The molecule has 2 aliphatic rings. The fourth-order valence-corrected chi connectivity index (χ4v) is 2.74. The SMILES string of the molecule is CC(NC(=O)C1(CN)CCC1)c1ccc2c(c1)OCO2. The van der Waals surface area contributed by atoms with Crippen LogP contribution >= 0.6 is 0 Å². The van der Waals surface area contributed by atoms with Crippen LogP contribution in [0.4, 0.5) is 0 Å². The molecule has 1 atom stereocenters. The number of benzene rings is 1. The molecule has 0 saturated heterocycles. The van der Waals surface area contributed by atoms with Gasteiger partial charge in [-0.05, 0) is 37.5 Å². The van der Waals surface area contributed by atoms with Crippen LogP contribution in [0, 0.1) is 5.41 Å². The van der Waals surface area contributed by atoms with Gasteiger partial charge in [0.15, 0.2) is 11.5 Å². The average molecular weight is 276 g/mol. The molecule has 1 aromatic rings. The van der Waals surface area contributed by atoms with E-state index in [4.69, 9.17) is 15.2 Å². The molecule has 3 N–H and O–H groups in total. The number of carbonyl (C=O) groups excluding carboxylic acids is 1. The van der Waals surface area contributed by atoms with Crippen LogP contribution in [0.3, 0.4) is 0 Å². The quantitative estimate of drug-likeness (QED) is 0.878. The predicted molar refractivity (Wildman–Crippen MR) is 74.5 cm³/mol. The summed E-state index contributed by atoms with van der Waals surface area (Å²) in [5.74, 6) is 1.56. The summed E-state index contributed by atoms with van der Waals surface area (Å²) in [6.45, 7) is 2.65. The van der Waals surface area contributed by atoms with E-state index < -0.39 is 0 Å². The maximum absolute atomic E-state index is 12.3. The Morgan fingerprint density at radius 2 is 2.15 bits per heavy atom. The molecule has 1 amide bonds. The molecule has 1 aromatic carbocycles. The zero-order chi connectivity index (χ0) is 14.2. The van der Waals surface area contributed by atoms with Crippen LogP contribution in [0.1, 0.15) is 37.8 Å². The first-order chi connectivity index (χ1) is 9.64. The monoisotopic (exact) mass is 276 g/mol. The van der Waals surface area contributed by atoms with E-state index in [-0.39, 0.29) is 24.2 Å². The third-order valence-corrected chi connectivity index (χ3v) is 4.43. The molecule has 1 aliphatic carbocycles. The highest BCUT2D eigenvalue weighted by atomic mass is 16.7. The highest BCUT2D eigenvalue weighted by Gasteiger charge is 2.43. The van der Waals surface area contributed by atoms with Crippen LogP contribution in [0.15, 0.2) is 18.2 Å². The van der Waals surface area contributed by atoms with Crippen molar-refractivity contribution in [2.24, 2.45) is 11.1 Å². The highest BCUT2D eigenvalue weighted by molar-refractivity contribution is 5.84. The molecule has 0 radical (unpaired) electrons. The number of hydrogen-bond acceptors (Lipinski definition) is 4. The molecule has 1 aliphatic heterocycles. The van der Waals surface area contributed by atoms with Gasteiger partial charge in [-0.25, -0.2) is 0 Å². The number of rotatable bonds is 4. The van der Waals surface area contributed by atoms with Gasteiger partial charge in [-0.2, -0.15) is 0 Å². The van der Waals surface area contributed by atoms with Crippen molar-refractivity contribution in [1.29, 1.82) is 0 Å². The Hall–Kier alpha value is -1.75. The van der Waals surface area contributed by atoms with Gasteiger partial charge in [0.2, 0.25) is 12.7 Å². The second-order valence-corrected chi connectivity index (χ2v) is 5.65. The Kier molecular flexibility index (Phi) is 3.30. The number of hydrogen-bond donors (Lipinski definition) is 2. The molecule has 0 bridgehead atoms. The van der Waals surface area contributed by atoms with Crippen LogP contribution in [-0.2, 0) is 4.79 Å². The van der Waals surface area contributed by atoms with E-state index in [2.05, 4.69) is 5.32 Å². The van der Waals surface area contributed by atoms with Crippen molar-refractivity contribution in [3.8, 4) is 11.5 Å². The number of fused-ring (bicyclic) bond motifs is 1. The zero-order valence-electron chi connectivity index (χ0n) is 11.6. The standard InChI is InChI=1S/C15H20N2O3/c1-10(17-14(18)15(8-16)5-2-6-15)11-3-4-12-13(7-11)20-9-19-12/h3-4,7,10H,2,5-6,8-9,16H2,1H3,(H,17,18). The van der Waals surface area contributed by atoms with E-state index in [0.717, 1.165) is 36.3 Å². The Bertz CT molecular complexity index is 520. The lowest BCUT2D eigenvalue weighted by molar-refractivity contribution is -0.135. The number of ether oxygens (including phenoxy) is 2. The van der Waals surface area contributed by atoms with Crippen molar-refractivity contribution in [3.05, 3.63) is 23.8 Å². The summed E-state index contributed by atoms with van der Waals surface area (Å²) in [6, 6.07) is 5.68. The first-order valence-electron chi connectivity index (χ1n) is 7.05. The van der Waals surface area contributed by atoms with Crippen LogP contribution in [0.5, 0.6) is 11.5 Å². The van der Waals surface area contributed by atoms with Gasteiger partial charge in [0.25, 0.3) is 0 Å². The Balaban J connectivity index is 1.70. The molecular weight excluding hydrogens is 256 g/mol. The van der Waals surface area contributed by atoms with Crippen LogP contribution < -0.4 is 20.5 Å². The first kappa shape index (κ1) is 13.2. The van der Waals surface area contributed by atoms with Crippen molar-refractivity contribution in [3.63, 3.8) is 0 Å². The smallest absolute Gasteiger partial charge is 0.231 e. The third kappa shape index (κ3) is 2.12. The number of amides is 1. The minimum atomic E-state index is -0.343. The highest BCUT2D eigenvalue weighted by Crippen LogP contribution is 2.41. The maximum Gasteiger partial charge on any atom is 0.231 e. The number of nitrogens with one attached hydrogen (secondary N) is 1. The van der Waals surface area contributed by atoms with Crippen molar-refractivity contribution in [1.82, 2.24) is 5.32 Å². The van der Waals surface area contributed by atoms with Crippen LogP contribution in [-0.4, -0.2) is 19.2 Å². The van der Waals surface area contributed by atoms with Gasteiger partial charge in [0, 0.05) is 6.54 Å². The molecule has 0 spiro atoms. The average Bonchev–Trinajstić information content (AvgIpc) is 2.85. The van der Waals surface area contributed by atoms with E-state index in [9.17, 15) is 4.79 Å². The Morgan fingerprint density at radius 1 is 1.40 bits per heavy atom. The van der Waals surface area contributed by atoms with Gasteiger partial charge in [-0.15, -0.1) is 0 Å². The van der Waals surface area contributed by atoms with Crippen LogP contribution in [0.25, 0.3) is 0 Å². The van der Waals surface area contributed by atoms with Gasteiger partial charge < -0.3 is 20.5 Å². The predicted octanol–water partition coefficient (Wildman–Crippen LogP) is 1.72. The number of carbonyl (C=O) groups is 1. The second kappa shape index (κ2) is 4.98. The van der Waals surface area contributed by atoms with Gasteiger partial charge in [0.1, 0.15) is 0 Å². The van der Waals surface area contributed by atoms with Crippen LogP contribution in [0.2, 0.25) is 0 Å². The van der Waals surface area contributed by atoms with E-state index in [0.29, 0.717) is 6.54 Å².